The van der Waals surface area contributed by atoms with Crippen LogP contribution in [0, 0.1) is 30.9 Å². The third kappa shape index (κ3) is 3.32. The summed E-state index contributed by atoms with van der Waals surface area (Å²) in [5, 5.41) is 18.2. The molecular formula is C17H16N4O4. The SMILES string of the molecule is Cc1cc(NC(=O)Cc2c(C)noc2C)c2cc([N+](=O)[O-])ccc2n1. The average molecular weight is 340 g/mol. The van der Waals surface area contributed by atoms with E-state index in [0.717, 1.165) is 5.56 Å². The number of carbonyl (C=O) groups is 1. The van der Waals surface area contributed by atoms with Crippen LogP contribution in [0.2, 0.25) is 0 Å². The molecule has 0 aliphatic carbocycles. The molecule has 8 heteroatoms. The van der Waals surface area contributed by atoms with Gasteiger partial charge in [0.25, 0.3) is 5.69 Å². The van der Waals surface area contributed by atoms with Crippen molar-refractivity contribution in [2.24, 2.45) is 0 Å². The summed E-state index contributed by atoms with van der Waals surface area (Å²) in [7, 11) is 0. The van der Waals surface area contributed by atoms with Crippen LogP contribution in [-0.4, -0.2) is 21.0 Å². The fourth-order valence-corrected chi connectivity index (χ4v) is 2.67. The number of nitro groups is 1. The molecule has 1 amide bonds. The summed E-state index contributed by atoms with van der Waals surface area (Å²) in [6.07, 6.45) is 0.110. The van der Waals surface area contributed by atoms with E-state index in [1.165, 1.54) is 12.1 Å². The smallest absolute Gasteiger partial charge is 0.270 e. The summed E-state index contributed by atoms with van der Waals surface area (Å²) in [4.78, 5) is 27.3. The average Bonchev–Trinajstić information content (AvgIpc) is 2.86. The van der Waals surface area contributed by atoms with Gasteiger partial charge in [0.15, 0.2) is 0 Å². The highest BCUT2D eigenvalue weighted by Gasteiger charge is 2.16. The van der Waals surface area contributed by atoms with Crippen molar-refractivity contribution in [3.8, 4) is 0 Å². The molecule has 0 spiro atoms. The lowest BCUT2D eigenvalue weighted by molar-refractivity contribution is -0.384. The van der Waals surface area contributed by atoms with Crippen LogP contribution in [0.15, 0.2) is 28.8 Å². The lowest BCUT2D eigenvalue weighted by Gasteiger charge is -2.10. The Morgan fingerprint density at radius 1 is 1.28 bits per heavy atom. The van der Waals surface area contributed by atoms with E-state index in [2.05, 4.69) is 15.5 Å². The Kier molecular flexibility index (Phi) is 4.18. The number of hydrogen-bond acceptors (Lipinski definition) is 6. The first-order valence-corrected chi connectivity index (χ1v) is 7.62. The number of fused-ring (bicyclic) bond motifs is 1. The number of nitrogens with one attached hydrogen (secondary N) is 1. The van der Waals surface area contributed by atoms with Crippen molar-refractivity contribution in [3.05, 3.63) is 57.1 Å². The van der Waals surface area contributed by atoms with Crippen LogP contribution in [-0.2, 0) is 11.2 Å². The molecule has 0 radical (unpaired) electrons. The van der Waals surface area contributed by atoms with Crippen LogP contribution < -0.4 is 5.32 Å². The number of amides is 1. The Morgan fingerprint density at radius 2 is 2.04 bits per heavy atom. The predicted octanol–water partition coefficient (Wildman–Crippen LogP) is 3.24. The van der Waals surface area contributed by atoms with Crippen molar-refractivity contribution < 1.29 is 14.2 Å². The summed E-state index contributed by atoms with van der Waals surface area (Å²) in [5.74, 6) is 0.340. The zero-order valence-corrected chi connectivity index (χ0v) is 14.0. The van der Waals surface area contributed by atoms with Crippen LogP contribution in [0.5, 0.6) is 0 Å². The molecule has 1 aromatic carbocycles. The van der Waals surface area contributed by atoms with Gasteiger partial charge in [0.1, 0.15) is 5.76 Å². The molecule has 8 nitrogen and oxygen atoms in total. The van der Waals surface area contributed by atoms with E-state index >= 15 is 0 Å². The monoisotopic (exact) mass is 340 g/mol. The van der Waals surface area contributed by atoms with E-state index in [1.807, 2.05) is 0 Å². The maximum atomic E-state index is 12.4. The van der Waals surface area contributed by atoms with Crippen LogP contribution in [0.25, 0.3) is 10.9 Å². The summed E-state index contributed by atoms with van der Waals surface area (Å²) in [5.41, 5.74) is 3.12. The van der Waals surface area contributed by atoms with Crippen molar-refractivity contribution in [1.29, 1.82) is 0 Å². The minimum absolute atomic E-state index is 0.0561. The van der Waals surface area contributed by atoms with Gasteiger partial charge in [0.2, 0.25) is 5.91 Å². The second-order valence-corrected chi connectivity index (χ2v) is 5.80. The summed E-state index contributed by atoms with van der Waals surface area (Å²) in [6.45, 7) is 5.32. The molecule has 0 bridgehead atoms. The number of non-ortho nitro benzene ring substituents is 1. The van der Waals surface area contributed by atoms with E-state index in [9.17, 15) is 14.9 Å². The van der Waals surface area contributed by atoms with Crippen LogP contribution in [0.3, 0.4) is 0 Å². The first-order valence-electron chi connectivity index (χ1n) is 7.62. The quantitative estimate of drug-likeness (QED) is 0.576. The van der Waals surface area contributed by atoms with Crippen molar-refractivity contribution in [2.45, 2.75) is 27.2 Å². The van der Waals surface area contributed by atoms with Gasteiger partial charge in [-0.3, -0.25) is 19.9 Å². The van der Waals surface area contributed by atoms with Gasteiger partial charge in [-0.05, 0) is 32.9 Å². The highest BCUT2D eigenvalue weighted by molar-refractivity contribution is 6.02. The molecule has 0 fully saturated rings. The zero-order chi connectivity index (χ0) is 18.1. The second kappa shape index (κ2) is 6.31. The van der Waals surface area contributed by atoms with Gasteiger partial charge < -0.3 is 9.84 Å². The van der Waals surface area contributed by atoms with Gasteiger partial charge in [0, 0.05) is 28.8 Å². The fraction of sp³-hybridized carbons (Fsp3) is 0.235. The number of pyridine rings is 1. The van der Waals surface area contributed by atoms with E-state index < -0.39 is 4.92 Å². The lowest BCUT2D eigenvalue weighted by Crippen LogP contribution is -2.15. The normalized spacial score (nSPS) is 10.8. The number of carbonyl (C=O) groups excluding carboxylic acids is 1. The number of rotatable bonds is 4. The molecule has 1 N–H and O–H groups in total. The Morgan fingerprint density at radius 3 is 2.68 bits per heavy atom. The number of hydrogen-bond donors (Lipinski definition) is 1. The largest absolute Gasteiger partial charge is 0.361 e. The summed E-state index contributed by atoms with van der Waals surface area (Å²) in [6, 6.07) is 6.07. The Bertz CT molecular complexity index is 974. The molecule has 0 aliphatic rings. The van der Waals surface area contributed by atoms with Crippen LogP contribution in [0.1, 0.15) is 22.7 Å². The maximum Gasteiger partial charge on any atom is 0.270 e. The number of anilines is 1. The second-order valence-electron chi connectivity index (χ2n) is 5.80. The number of aromatic nitrogens is 2. The van der Waals surface area contributed by atoms with Crippen molar-refractivity contribution in [1.82, 2.24) is 10.1 Å². The van der Waals surface area contributed by atoms with Crippen LogP contribution >= 0.6 is 0 Å². The lowest BCUT2D eigenvalue weighted by atomic mass is 10.1. The molecule has 128 valence electrons. The molecular weight excluding hydrogens is 324 g/mol. The third-order valence-corrected chi connectivity index (χ3v) is 3.92. The molecule has 2 aromatic heterocycles. The minimum atomic E-state index is -0.477. The van der Waals surface area contributed by atoms with E-state index in [0.29, 0.717) is 33.7 Å². The molecule has 0 atom stereocenters. The molecule has 25 heavy (non-hydrogen) atoms. The molecule has 0 aliphatic heterocycles. The zero-order valence-electron chi connectivity index (χ0n) is 14.0. The molecule has 0 saturated heterocycles. The van der Waals surface area contributed by atoms with Crippen molar-refractivity contribution in [2.75, 3.05) is 5.32 Å². The van der Waals surface area contributed by atoms with Gasteiger partial charge in [-0.2, -0.15) is 0 Å². The van der Waals surface area contributed by atoms with Crippen molar-refractivity contribution >= 4 is 28.2 Å². The molecule has 3 rings (SSSR count). The van der Waals surface area contributed by atoms with Gasteiger partial charge in [-0.15, -0.1) is 0 Å². The number of benzene rings is 1. The molecule has 3 aromatic rings. The number of nitrogens with zero attached hydrogens (tertiary/aromatic N) is 3. The van der Waals surface area contributed by atoms with E-state index in [-0.39, 0.29) is 18.0 Å². The molecule has 0 saturated carbocycles. The topological polar surface area (TPSA) is 111 Å². The summed E-state index contributed by atoms with van der Waals surface area (Å²) < 4.78 is 5.06. The number of nitro benzene ring substituents is 1. The van der Waals surface area contributed by atoms with Crippen LogP contribution in [0.4, 0.5) is 11.4 Å². The highest BCUT2D eigenvalue weighted by atomic mass is 16.6. The maximum absolute atomic E-state index is 12.4. The van der Waals surface area contributed by atoms with Crippen molar-refractivity contribution in [3.63, 3.8) is 0 Å². The highest BCUT2D eigenvalue weighted by Crippen LogP contribution is 2.27. The standard InChI is InChI=1S/C17H16N4O4/c1-9-6-16(14-7-12(21(23)24)4-5-15(14)18-9)19-17(22)8-13-10(2)20-25-11(13)3/h4-7H,8H2,1-3H3,(H,18,19,22). The Balaban J connectivity index is 1.95. The minimum Gasteiger partial charge on any atom is -0.361 e. The van der Waals surface area contributed by atoms with Gasteiger partial charge >= 0.3 is 0 Å². The van der Waals surface area contributed by atoms with Gasteiger partial charge in [0.05, 0.1) is 28.2 Å². The van der Waals surface area contributed by atoms with E-state index in [1.54, 1.807) is 32.9 Å². The number of aryl methyl sites for hydroxylation is 3. The first kappa shape index (κ1) is 16.6. The third-order valence-electron chi connectivity index (χ3n) is 3.92. The molecule has 0 unspecified atom stereocenters. The van der Waals surface area contributed by atoms with Gasteiger partial charge in [-0.1, -0.05) is 5.16 Å². The van der Waals surface area contributed by atoms with E-state index in [4.69, 9.17) is 4.52 Å². The van der Waals surface area contributed by atoms with Gasteiger partial charge in [-0.25, -0.2) is 0 Å². The molecule has 2 heterocycles. The summed E-state index contributed by atoms with van der Waals surface area (Å²) >= 11 is 0. The Hall–Kier alpha value is -3.29. The first-order chi connectivity index (χ1) is 11.8. The fourth-order valence-electron chi connectivity index (χ4n) is 2.67. The predicted molar refractivity (Wildman–Crippen MR) is 91.4 cm³/mol. The Labute approximate surface area is 143 Å².